The van der Waals surface area contributed by atoms with E-state index in [9.17, 15) is 18.0 Å². The molecule has 0 atom stereocenters. The van der Waals surface area contributed by atoms with Crippen molar-refractivity contribution in [3.8, 4) is 17.0 Å². The first kappa shape index (κ1) is 21.4. The van der Waals surface area contributed by atoms with Gasteiger partial charge in [-0.3, -0.25) is 9.48 Å². The van der Waals surface area contributed by atoms with Gasteiger partial charge in [-0.05, 0) is 37.3 Å². The summed E-state index contributed by atoms with van der Waals surface area (Å²) in [6.07, 6.45) is -2.90. The summed E-state index contributed by atoms with van der Waals surface area (Å²) in [5.41, 5.74) is 1.35. The number of anilines is 1. The second-order valence-corrected chi connectivity index (χ2v) is 7.05. The fraction of sp³-hybridized carbons (Fsp3) is 0.174. The first-order valence-corrected chi connectivity index (χ1v) is 9.81. The molecule has 0 aliphatic rings. The Morgan fingerprint density at radius 3 is 2.56 bits per heavy atom. The number of alkyl halides is 3. The second-order valence-electron chi connectivity index (χ2n) is 7.05. The quantitative estimate of drug-likeness (QED) is 0.457. The summed E-state index contributed by atoms with van der Waals surface area (Å²) in [5.74, 6) is 0.226. The number of ether oxygens (including phenoxy) is 1. The Balaban J connectivity index is 1.73. The van der Waals surface area contributed by atoms with Gasteiger partial charge in [0.1, 0.15) is 5.75 Å². The van der Waals surface area contributed by atoms with Crippen LogP contribution in [0.4, 0.5) is 18.9 Å². The van der Waals surface area contributed by atoms with Crippen LogP contribution >= 0.6 is 0 Å². The molecule has 0 fully saturated rings. The molecular formula is C23H19F3N4O2. The number of nitrogens with one attached hydrogen (secondary N) is 1. The van der Waals surface area contributed by atoms with Gasteiger partial charge in [-0.15, -0.1) is 0 Å². The number of nitrogens with zero attached hydrogens (tertiary/aromatic N) is 3. The molecule has 1 N–H and O–H groups in total. The molecule has 0 bridgehead atoms. The molecule has 2 heterocycles. The van der Waals surface area contributed by atoms with Gasteiger partial charge in [0, 0.05) is 24.4 Å². The summed E-state index contributed by atoms with van der Waals surface area (Å²) >= 11 is 0. The molecular weight excluding hydrogens is 421 g/mol. The number of hydrogen-bond donors (Lipinski definition) is 1. The van der Waals surface area contributed by atoms with Crippen molar-refractivity contribution in [3.63, 3.8) is 0 Å². The second kappa shape index (κ2) is 8.33. The third-order valence-corrected chi connectivity index (χ3v) is 4.86. The van der Waals surface area contributed by atoms with E-state index in [1.807, 2.05) is 6.92 Å². The van der Waals surface area contributed by atoms with E-state index in [0.29, 0.717) is 45.9 Å². The number of amides is 1. The zero-order valence-corrected chi connectivity index (χ0v) is 17.3. The van der Waals surface area contributed by atoms with Crippen molar-refractivity contribution in [1.29, 1.82) is 0 Å². The molecule has 0 spiro atoms. The largest absolute Gasteiger partial charge is 0.494 e. The zero-order valence-electron chi connectivity index (χ0n) is 17.3. The Hall–Kier alpha value is -3.88. The third-order valence-electron chi connectivity index (χ3n) is 4.86. The molecule has 0 aliphatic carbocycles. The maximum atomic E-state index is 13.1. The Labute approximate surface area is 181 Å². The lowest BCUT2D eigenvalue weighted by Crippen LogP contribution is -2.13. The van der Waals surface area contributed by atoms with Crippen LogP contribution in [0, 0.1) is 0 Å². The Kier molecular flexibility index (Phi) is 5.56. The molecule has 32 heavy (non-hydrogen) atoms. The average molecular weight is 440 g/mol. The standard InChI is InChI=1S/C23H19F3N4O2/c1-3-32-17-6-4-5-16(11-17)28-22(31)18-12-20(29-21-19(18)13-27-30(21)2)14-7-9-15(10-8-14)23(24,25)26/h4-13H,3H2,1-2H3,(H,28,31). The van der Waals surface area contributed by atoms with Crippen LogP contribution in [0.1, 0.15) is 22.8 Å². The minimum Gasteiger partial charge on any atom is -0.494 e. The number of rotatable bonds is 5. The van der Waals surface area contributed by atoms with E-state index in [1.165, 1.54) is 23.0 Å². The zero-order chi connectivity index (χ0) is 22.9. The summed E-state index contributed by atoms with van der Waals surface area (Å²) < 4.78 is 45.7. The highest BCUT2D eigenvalue weighted by atomic mass is 19.4. The number of carbonyl (C=O) groups is 1. The van der Waals surface area contributed by atoms with Crippen LogP contribution in [0.5, 0.6) is 5.75 Å². The van der Waals surface area contributed by atoms with E-state index in [-0.39, 0.29) is 0 Å². The Morgan fingerprint density at radius 2 is 1.88 bits per heavy atom. The lowest BCUT2D eigenvalue weighted by molar-refractivity contribution is -0.137. The van der Waals surface area contributed by atoms with E-state index >= 15 is 0 Å². The van der Waals surface area contributed by atoms with Crippen molar-refractivity contribution in [2.75, 3.05) is 11.9 Å². The first-order chi connectivity index (χ1) is 15.3. The summed E-state index contributed by atoms with van der Waals surface area (Å²) in [6.45, 7) is 2.36. The number of carbonyl (C=O) groups excluding carboxylic acids is 1. The van der Waals surface area contributed by atoms with Gasteiger partial charge in [-0.2, -0.15) is 18.3 Å². The number of pyridine rings is 1. The van der Waals surface area contributed by atoms with Crippen LogP contribution in [0.2, 0.25) is 0 Å². The molecule has 0 saturated carbocycles. The number of fused-ring (bicyclic) bond motifs is 1. The highest BCUT2D eigenvalue weighted by Gasteiger charge is 2.30. The minimum absolute atomic E-state index is 0.305. The fourth-order valence-corrected chi connectivity index (χ4v) is 3.31. The Bertz CT molecular complexity index is 1280. The van der Waals surface area contributed by atoms with Crippen molar-refractivity contribution < 1.29 is 22.7 Å². The number of halogens is 3. The van der Waals surface area contributed by atoms with Crippen molar-refractivity contribution in [1.82, 2.24) is 14.8 Å². The lowest BCUT2D eigenvalue weighted by Gasteiger charge is -2.11. The smallest absolute Gasteiger partial charge is 0.416 e. The normalized spacial score (nSPS) is 11.5. The van der Waals surface area contributed by atoms with Crippen molar-refractivity contribution in [2.45, 2.75) is 13.1 Å². The highest BCUT2D eigenvalue weighted by molar-refractivity contribution is 6.12. The topological polar surface area (TPSA) is 69.0 Å². The summed E-state index contributed by atoms with van der Waals surface area (Å²) in [4.78, 5) is 17.6. The molecule has 2 aromatic heterocycles. The van der Waals surface area contributed by atoms with Gasteiger partial charge in [-0.1, -0.05) is 18.2 Å². The van der Waals surface area contributed by atoms with Crippen LogP contribution in [0.25, 0.3) is 22.3 Å². The number of hydrogen-bond acceptors (Lipinski definition) is 4. The molecule has 4 aromatic rings. The van der Waals surface area contributed by atoms with Crippen LogP contribution < -0.4 is 10.1 Å². The SMILES string of the molecule is CCOc1cccc(NC(=O)c2cc(-c3ccc(C(F)(F)F)cc3)nc3c2cnn3C)c1. The van der Waals surface area contributed by atoms with Crippen LogP contribution in [-0.4, -0.2) is 27.3 Å². The monoisotopic (exact) mass is 440 g/mol. The highest BCUT2D eigenvalue weighted by Crippen LogP contribution is 2.32. The molecule has 0 radical (unpaired) electrons. The van der Waals surface area contributed by atoms with Gasteiger partial charge >= 0.3 is 6.18 Å². The van der Waals surface area contributed by atoms with E-state index in [4.69, 9.17) is 4.74 Å². The van der Waals surface area contributed by atoms with Gasteiger partial charge in [0.25, 0.3) is 5.91 Å². The van der Waals surface area contributed by atoms with Gasteiger partial charge in [0.05, 0.1) is 35.0 Å². The average Bonchev–Trinajstić information content (AvgIpc) is 3.14. The molecule has 164 valence electrons. The van der Waals surface area contributed by atoms with Crippen molar-refractivity contribution in [2.24, 2.45) is 7.05 Å². The predicted octanol–water partition coefficient (Wildman–Crippen LogP) is 5.31. The summed E-state index contributed by atoms with van der Waals surface area (Å²) in [6, 6.07) is 13.2. The fourth-order valence-electron chi connectivity index (χ4n) is 3.31. The number of aromatic nitrogens is 3. The number of aryl methyl sites for hydroxylation is 1. The van der Waals surface area contributed by atoms with Crippen molar-refractivity contribution >= 4 is 22.6 Å². The molecule has 2 aromatic carbocycles. The van der Waals surface area contributed by atoms with Crippen molar-refractivity contribution in [3.05, 3.63) is 71.9 Å². The van der Waals surface area contributed by atoms with E-state index in [0.717, 1.165) is 12.1 Å². The van der Waals surface area contributed by atoms with Gasteiger partial charge in [0.2, 0.25) is 0 Å². The molecule has 0 aliphatic heterocycles. The van der Waals surface area contributed by atoms with Gasteiger partial charge in [0.15, 0.2) is 5.65 Å². The minimum atomic E-state index is -4.43. The van der Waals surface area contributed by atoms with Crippen LogP contribution in [0.3, 0.4) is 0 Å². The van der Waals surface area contributed by atoms with Gasteiger partial charge in [-0.25, -0.2) is 4.98 Å². The molecule has 1 amide bonds. The molecule has 0 saturated heterocycles. The van der Waals surface area contributed by atoms with Gasteiger partial charge < -0.3 is 10.1 Å². The molecule has 9 heteroatoms. The molecule has 4 rings (SSSR count). The third kappa shape index (κ3) is 4.27. The maximum absolute atomic E-state index is 13.1. The molecule has 6 nitrogen and oxygen atoms in total. The van der Waals surface area contributed by atoms with Crippen LogP contribution in [0.15, 0.2) is 60.8 Å². The van der Waals surface area contributed by atoms with E-state index in [2.05, 4.69) is 15.4 Å². The van der Waals surface area contributed by atoms with E-state index in [1.54, 1.807) is 37.4 Å². The summed E-state index contributed by atoms with van der Waals surface area (Å²) in [5, 5.41) is 7.53. The van der Waals surface area contributed by atoms with E-state index < -0.39 is 17.6 Å². The maximum Gasteiger partial charge on any atom is 0.416 e. The number of benzene rings is 2. The molecule has 0 unspecified atom stereocenters. The predicted molar refractivity (Wildman–Crippen MR) is 115 cm³/mol. The Morgan fingerprint density at radius 1 is 1.12 bits per heavy atom. The van der Waals surface area contributed by atoms with Crippen LogP contribution in [-0.2, 0) is 13.2 Å². The summed E-state index contributed by atoms with van der Waals surface area (Å²) in [7, 11) is 1.68. The first-order valence-electron chi connectivity index (χ1n) is 9.81. The lowest BCUT2D eigenvalue weighted by atomic mass is 10.0.